The first-order valence-electron chi connectivity index (χ1n) is 10.6. The smallest absolute Gasteiger partial charge is 0.317 e. The molecule has 0 amide bonds. The van der Waals surface area contributed by atoms with E-state index in [1.165, 1.54) is 5.56 Å². The van der Waals surface area contributed by atoms with Crippen molar-refractivity contribution in [3.05, 3.63) is 64.9 Å². The summed E-state index contributed by atoms with van der Waals surface area (Å²) in [5, 5.41) is 9.56. The molecule has 1 heterocycles. The van der Waals surface area contributed by atoms with E-state index in [9.17, 15) is 4.79 Å². The normalized spacial score (nSPS) is 11.2. The number of aliphatic carboxylic acids is 1. The Morgan fingerprint density at radius 1 is 1.16 bits per heavy atom. The fraction of sp³-hybridized carbons (Fsp3) is 0.320. The number of nitrogens with zero attached hydrogens (tertiary/aromatic N) is 3. The van der Waals surface area contributed by atoms with Gasteiger partial charge in [0, 0.05) is 30.1 Å². The molecular formula is C25H28ClN3O3. The molecule has 168 valence electrons. The summed E-state index contributed by atoms with van der Waals surface area (Å²) in [5.74, 6) is 0.385. The van der Waals surface area contributed by atoms with Crippen LogP contribution < -0.4 is 4.74 Å². The molecule has 0 bridgehead atoms. The second-order valence-corrected chi connectivity index (χ2v) is 8.38. The molecule has 6 nitrogen and oxygen atoms in total. The minimum Gasteiger partial charge on any atom is -0.489 e. The van der Waals surface area contributed by atoms with E-state index >= 15 is 0 Å². The molecule has 32 heavy (non-hydrogen) atoms. The molecule has 0 aliphatic rings. The van der Waals surface area contributed by atoms with Crippen LogP contribution >= 0.6 is 11.6 Å². The number of carboxylic acids is 1. The second kappa shape index (κ2) is 10.6. The van der Waals surface area contributed by atoms with E-state index in [1.807, 2.05) is 62.6 Å². The minimum absolute atomic E-state index is 0.00521. The third-order valence-corrected chi connectivity index (χ3v) is 5.28. The summed E-state index contributed by atoms with van der Waals surface area (Å²) in [6, 6.07) is 11.6. The van der Waals surface area contributed by atoms with Crippen LogP contribution in [-0.4, -0.2) is 45.6 Å². The largest absolute Gasteiger partial charge is 0.489 e. The molecule has 2 aromatic carbocycles. The summed E-state index contributed by atoms with van der Waals surface area (Å²) >= 11 is 6.36. The van der Waals surface area contributed by atoms with Crippen LogP contribution in [0.3, 0.4) is 0 Å². The van der Waals surface area contributed by atoms with Gasteiger partial charge in [-0.3, -0.25) is 9.69 Å². The molecule has 1 N–H and O–H groups in total. The number of rotatable bonds is 9. The van der Waals surface area contributed by atoms with Crippen LogP contribution in [0.4, 0.5) is 0 Å². The highest BCUT2D eigenvalue weighted by Gasteiger charge is 2.14. The maximum absolute atomic E-state index is 11.0. The van der Waals surface area contributed by atoms with Crippen LogP contribution in [0.1, 0.15) is 31.9 Å². The lowest BCUT2D eigenvalue weighted by Gasteiger charge is -2.19. The third kappa shape index (κ3) is 5.84. The van der Waals surface area contributed by atoms with Crippen molar-refractivity contribution in [1.29, 1.82) is 0 Å². The average Bonchev–Trinajstić information content (AvgIpc) is 2.74. The summed E-state index contributed by atoms with van der Waals surface area (Å²) < 4.78 is 5.69. The predicted octanol–water partition coefficient (Wildman–Crippen LogP) is 5.33. The number of carbonyl (C=O) groups is 1. The van der Waals surface area contributed by atoms with Crippen molar-refractivity contribution in [1.82, 2.24) is 14.9 Å². The molecular weight excluding hydrogens is 426 g/mol. The average molecular weight is 454 g/mol. The highest BCUT2D eigenvalue weighted by molar-refractivity contribution is 6.32. The van der Waals surface area contributed by atoms with Crippen molar-refractivity contribution in [2.75, 3.05) is 13.6 Å². The number of carboxylic acid groups (broad SMARTS) is 1. The fourth-order valence-electron chi connectivity index (χ4n) is 3.65. The zero-order valence-electron chi connectivity index (χ0n) is 18.8. The highest BCUT2D eigenvalue weighted by Crippen LogP contribution is 2.31. The van der Waals surface area contributed by atoms with Crippen LogP contribution in [0.2, 0.25) is 5.02 Å². The summed E-state index contributed by atoms with van der Waals surface area (Å²) in [7, 11) is 1.81. The van der Waals surface area contributed by atoms with E-state index < -0.39 is 5.97 Å². The predicted molar refractivity (Wildman–Crippen MR) is 127 cm³/mol. The van der Waals surface area contributed by atoms with Gasteiger partial charge < -0.3 is 9.84 Å². The number of likely N-dealkylation sites (N-methyl/N-ethyl adjacent to an activating group) is 1. The number of aromatic nitrogens is 2. The molecule has 0 aliphatic carbocycles. The van der Waals surface area contributed by atoms with Gasteiger partial charge in [-0.2, -0.15) is 0 Å². The van der Waals surface area contributed by atoms with Crippen molar-refractivity contribution < 1.29 is 14.6 Å². The maximum atomic E-state index is 11.0. The Bertz CT molecular complexity index is 1080. The zero-order valence-corrected chi connectivity index (χ0v) is 19.6. The van der Waals surface area contributed by atoms with Gasteiger partial charge in [0.25, 0.3) is 0 Å². The van der Waals surface area contributed by atoms with Gasteiger partial charge in [-0.05, 0) is 62.2 Å². The second-order valence-electron chi connectivity index (χ2n) is 7.97. The van der Waals surface area contributed by atoms with Crippen molar-refractivity contribution in [2.45, 2.75) is 39.8 Å². The molecule has 1 aromatic heterocycles. The van der Waals surface area contributed by atoms with E-state index in [2.05, 4.69) is 16.9 Å². The van der Waals surface area contributed by atoms with Gasteiger partial charge in [-0.25, -0.2) is 9.97 Å². The Morgan fingerprint density at radius 2 is 1.88 bits per heavy atom. The Morgan fingerprint density at radius 3 is 2.47 bits per heavy atom. The van der Waals surface area contributed by atoms with Gasteiger partial charge >= 0.3 is 5.97 Å². The lowest BCUT2D eigenvalue weighted by molar-refractivity contribution is -0.138. The van der Waals surface area contributed by atoms with Gasteiger partial charge in [0.1, 0.15) is 5.75 Å². The van der Waals surface area contributed by atoms with Gasteiger partial charge in [-0.1, -0.05) is 36.7 Å². The quantitative estimate of drug-likeness (QED) is 0.472. The summed E-state index contributed by atoms with van der Waals surface area (Å²) in [6.07, 6.45) is 4.49. The topological polar surface area (TPSA) is 75.6 Å². The first-order valence-corrected chi connectivity index (χ1v) is 11.0. The fourth-order valence-corrected chi connectivity index (χ4v) is 3.88. The van der Waals surface area contributed by atoms with Gasteiger partial charge in [0.2, 0.25) is 0 Å². The van der Waals surface area contributed by atoms with Crippen molar-refractivity contribution in [3.63, 3.8) is 0 Å². The number of ether oxygens (including phenoxy) is 1. The Balaban J connectivity index is 1.87. The molecule has 0 spiro atoms. The van der Waals surface area contributed by atoms with Crippen molar-refractivity contribution in [3.8, 4) is 28.3 Å². The zero-order chi connectivity index (χ0) is 23.3. The molecule has 3 aromatic rings. The van der Waals surface area contributed by atoms with E-state index in [0.29, 0.717) is 23.1 Å². The first kappa shape index (κ1) is 23.7. The van der Waals surface area contributed by atoms with E-state index in [0.717, 1.165) is 28.7 Å². The molecule has 0 atom stereocenters. The van der Waals surface area contributed by atoms with E-state index in [-0.39, 0.29) is 12.6 Å². The van der Waals surface area contributed by atoms with Crippen molar-refractivity contribution in [2.24, 2.45) is 0 Å². The molecule has 0 unspecified atom stereocenters. The van der Waals surface area contributed by atoms with Crippen LogP contribution in [-0.2, 0) is 17.8 Å². The number of halogens is 1. The van der Waals surface area contributed by atoms with Crippen LogP contribution in [0.15, 0.2) is 48.8 Å². The third-order valence-electron chi connectivity index (χ3n) is 4.99. The molecule has 7 heteroatoms. The van der Waals surface area contributed by atoms with Crippen LogP contribution in [0, 0.1) is 0 Å². The van der Waals surface area contributed by atoms with Gasteiger partial charge in [0.15, 0.2) is 5.82 Å². The molecule has 3 rings (SSSR count). The van der Waals surface area contributed by atoms with Gasteiger partial charge in [0.05, 0.1) is 17.7 Å². The van der Waals surface area contributed by atoms with Crippen LogP contribution in [0.5, 0.6) is 5.75 Å². The molecule has 0 saturated heterocycles. The summed E-state index contributed by atoms with van der Waals surface area (Å²) in [4.78, 5) is 21.9. The van der Waals surface area contributed by atoms with Gasteiger partial charge in [-0.15, -0.1) is 0 Å². The monoisotopic (exact) mass is 453 g/mol. The Labute approximate surface area is 193 Å². The Hall–Kier alpha value is -2.96. The molecule has 0 radical (unpaired) electrons. The lowest BCUT2D eigenvalue weighted by atomic mass is 9.95. The molecule has 0 fully saturated rings. The standard InChI is InChI=1S/C25H28ClN3O3/c1-5-20-18(14-29(4)15-24(30)31)7-6-8-21(20)19-12-27-25(28-13-19)17-9-10-23(22(26)11-17)32-16(2)3/h6-13,16H,5,14-15H2,1-4H3,(H,30,31). The maximum Gasteiger partial charge on any atom is 0.317 e. The number of benzene rings is 2. The van der Waals surface area contributed by atoms with E-state index in [1.54, 1.807) is 11.9 Å². The number of hydrogen-bond donors (Lipinski definition) is 1. The highest BCUT2D eigenvalue weighted by atomic mass is 35.5. The van der Waals surface area contributed by atoms with E-state index in [4.69, 9.17) is 21.4 Å². The Kier molecular flexibility index (Phi) is 7.83. The van der Waals surface area contributed by atoms with Crippen LogP contribution in [0.25, 0.3) is 22.5 Å². The minimum atomic E-state index is -0.838. The summed E-state index contributed by atoms with van der Waals surface area (Å²) in [5.41, 5.74) is 5.06. The first-order chi connectivity index (χ1) is 15.3. The molecule has 0 saturated carbocycles. The van der Waals surface area contributed by atoms with Crippen molar-refractivity contribution >= 4 is 17.6 Å². The SMILES string of the molecule is CCc1c(CN(C)CC(=O)O)cccc1-c1cnc(-c2ccc(OC(C)C)c(Cl)c2)nc1. The lowest BCUT2D eigenvalue weighted by Crippen LogP contribution is -2.25. The number of hydrogen-bond acceptors (Lipinski definition) is 5. The molecule has 0 aliphatic heterocycles. The summed E-state index contributed by atoms with van der Waals surface area (Å²) in [6.45, 7) is 6.56.